The summed E-state index contributed by atoms with van der Waals surface area (Å²) in [5, 5.41) is 0. The van der Waals surface area contributed by atoms with Crippen molar-refractivity contribution in [3.63, 3.8) is 0 Å². The fourth-order valence-corrected chi connectivity index (χ4v) is 2.77. The van der Waals surface area contributed by atoms with Crippen LogP contribution in [0.2, 0.25) is 0 Å². The van der Waals surface area contributed by atoms with Crippen LogP contribution in [0.3, 0.4) is 0 Å². The summed E-state index contributed by atoms with van der Waals surface area (Å²) in [5.41, 5.74) is 2.64. The van der Waals surface area contributed by atoms with E-state index in [0.29, 0.717) is 6.04 Å². The second-order valence-corrected chi connectivity index (χ2v) is 4.76. The lowest BCUT2D eigenvalue weighted by Crippen LogP contribution is -2.11. The monoisotopic (exact) mass is 211 g/mol. The smallest absolute Gasteiger partial charge is 0.0569 e. The first kappa shape index (κ1) is 9.83. The Bertz CT molecular complexity index is 416. The molecule has 1 aromatic carbocycles. The number of fused-ring (bicyclic) bond motifs is 1. The quantitative estimate of drug-likeness (QED) is 0.629. The van der Waals surface area contributed by atoms with Gasteiger partial charge in [0.15, 0.2) is 0 Å². The highest BCUT2D eigenvalue weighted by Gasteiger charge is 2.29. The van der Waals surface area contributed by atoms with Gasteiger partial charge in [-0.3, -0.25) is 4.99 Å². The molecular formula is C15H17N. The average molecular weight is 211 g/mol. The highest BCUT2D eigenvalue weighted by Crippen LogP contribution is 2.32. The van der Waals surface area contributed by atoms with Crippen LogP contribution in [0.5, 0.6) is 0 Å². The maximum atomic E-state index is 4.91. The van der Waals surface area contributed by atoms with E-state index in [1.807, 2.05) is 0 Å². The molecule has 82 valence electrons. The first-order chi connectivity index (χ1) is 7.93. The molecule has 0 amide bonds. The van der Waals surface area contributed by atoms with E-state index in [1.54, 1.807) is 0 Å². The van der Waals surface area contributed by atoms with Crippen LogP contribution in [-0.2, 0) is 0 Å². The van der Waals surface area contributed by atoms with Crippen molar-refractivity contribution < 1.29 is 0 Å². The molecular weight excluding hydrogens is 194 g/mol. The van der Waals surface area contributed by atoms with Crippen LogP contribution in [0.25, 0.3) is 0 Å². The number of allylic oxidation sites excluding steroid dienone is 1. The minimum absolute atomic E-state index is 0.550. The van der Waals surface area contributed by atoms with Gasteiger partial charge in [0.25, 0.3) is 0 Å². The van der Waals surface area contributed by atoms with Crippen molar-refractivity contribution in [2.75, 3.05) is 0 Å². The van der Waals surface area contributed by atoms with Crippen LogP contribution in [0.15, 0.2) is 47.5 Å². The predicted octanol–water partition coefficient (Wildman–Crippen LogP) is 3.60. The van der Waals surface area contributed by atoms with Crippen LogP contribution in [0, 0.1) is 5.92 Å². The molecule has 0 saturated heterocycles. The standard InChI is InChI=1S/C15H17N/c1-3-7-12(8-4-1)15-11-13-9-5-2-6-10-14(13)16-15/h1-4,6-8,13-14H,5,9-11H2. The predicted molar refractivity (Wildman–Crippen MR) is 67.9 cm³/mol. The molecule has 0 saturated carbocycles. The summed E-state index contributed by atoms with van der Waals surface area (Å²) in [6.45, 7) is 0. The zero-order chi connectivity index (χ0) is 10.8. The third-order valence-corrected chi connectivity index (χ3v) is 3.68. The van der Waals surface area contributed by atoms with Gasteiger partial charge in [0.1, 0.15) is 0 Å². The molecule has 1 aliphatic heterocycles. The number of hydrogen-bond donors (Lipinski definition) is 0. The Morgan fingerprint density at radius 2 is 1.94 bits per heavy atom. The van der Waals surface area contributed by atoms with Gasteiger partial charge in [0.2, 0.25) is 0 Å². The van der Waals surface area contributed by atoms with Crippen molar-refractivity contribution in [2.24, 2.45) is 10.9 Å². The maximum absolute atomic E-state index is 4.91. The zero-order valence-electron chi connectivity index (χ0n) is 9.47. The van der Waals surface area contributed by atoms with Crippen LogP contribution in [0.1, 0.15) is 31.2 Å². The van der Waals surface area contributed by atoms with Gasteiger partial charge in [0, 0.05) is 5.71 Å². The molecule has 3 rings (SSSR count). The second-order valence-electron chi connectivity index (χ2n) is 4.76. The van der Waals surface area contributed by atoms with Gasteiger partial charge in [-0.15, -0.1) is 0 Å². The third kappa shape index (κ3) is 1.82. The zero-order valence-corrected chi connectivity index (χ0v) is 9.47. The van der Waals surface area contributed by atoms with Crippen molar-refractivity contribution in [1.29, 1.82) is 0 Å². The Morgan fingerprint density at radius 3 is 2.81 bits per heavy atom. The van der Waals surface area contributed by atoms with E-state index in [-0.39, 0.29) is 0 Å². The molecule has 0 N–H and O–H groups in total. The highest BCUT2D eigenvalue weighted by atomic mass is 14.8. The van der Waals surface area contributed by atoms with Crippen molar-refractivity contribution in [1.82, 2.24) is 0 Å². The molecule has 2 atom stereocenters. The Kier molecular flexibility index (Phi) is 2.61. The molecule has 0 aromatic heterocycles. The normalized spacial score (nSPS) is 28.4. The maximum Gasteiger partial charge on any atom is 0.0569 e. The highest BCUT2D eigenvalue weighted by molar-refractivity contribution is 6.02. The van der Waals surface area contributed by atoms with E-state index in [9.17, 15) is 0 Å². The molecule has 1 heteroatoms. The number of nitrogens with zero attached hydrogens (tertiary/aromatic N) is 1. The van der Waals surface area contributed by atoms with Gasteiger partial charge in [-0.05, 0) is 37.2 Å². The SMILES string of the molecule is C1=CCC2N=C(c3ccccc3)CC2CC1. The third-order valence-electron chi connectivity index (χ3n) is 3.68. The summed E-state index contributed by atoms with van der Waals surface area (Å²) in [5.74, 6) is 0.783. The average Bonchev–Trinajstić information content (AvgIpc) is 2.62. The molecule has 1 aliphatic carbocycles. The van der Waals surface area contributed by atoms with Crippen molar-refractivity contribution in [3.8, 4) is 0 Å². The number of benzene rings is 1. The topological polar surface area (TPSA) is 12.4 Å². The lowest BCUT2D eigenvalue weighted by molar-refractivity contribution is 0.448. The van der Waals surface area contributed by atoms with Crippen molar-refractivity contribution >= 4 is 5.71 Å². The lowest BCUT2D eigenvalue weighted by atomic mass is 9.92. The van der Waals surface area contributed by atoms with Gasteiger partial charge in [-0.25, -0.2) is 0 Å². The Balaban J connectivity index is 1.84. The van der Waals surface area contributed by atoms with Crippen LogP contribution in [-0.4, -0.2) is 11.8 Å². The summed E-state index contributed by atoms with van der Waals surface area (Å²) in [6.07, 6.45) is 9.48. The number of aliphatic imine (C=N–C) groups is 1. The van der Waals surface area contributed by atoms with E-state index < -0.39 is 0 Å². The van der Waals surface area contributed by atoms with E-state index >= 15 is 0 Å². The van der Waals surface area contributed by atoms with Crippen LogP contribution >= 0.6 is 0 Å². The molecule has 1 heterocycles. The van der Waals surface area contributed by atoms with E-state index in [2.05, 4.69) is 42.5 Å². The molecule has 2 aliphatic rings. The van der Waals surface area contributed by atoms with Gasteiger partial charge < -0.3 is 0 Å². The Morgan fingerprint density at radius 1 is 1.06 bits per heavy atom. The molecule has 0 fully saturated rings. The minimum atomic E-state index is 0.550. The van der Waals surface area contributed by atoms with Crippen LogP contribution < -0.4 is 0 Å². The summed E-state index contributed by atoms with van der Waals surface area (Å²) in [7, 11) is 0. The first-order valence-electron chi connectivity index (χ1n) is 6.20. The van der Waals surface area contributed by atoms with Gasteiger partial charge in [0.05, 0.1) is 6.04 Å². The fraction of sp³-hybridized carbons (Fsp3) is 0.400. The summed E-state index contributed by atoms with van der Waals surface area (Å²) < 4.78 is 0. The number of hydrogen-bond acceptors (Lipinski definition) is 1. The fourth-order valence-electron chi connectivity index (χ4n) is 2.77. The molecule has 2 unspecified atom stereocenters. The van der Waals surface area contributed by atoms with Crippen molar-refractivity contribution in [3.05, 3.63) is 48.0 Å². The number of rotatable bonds is 1. The van der Waals surface area contributed by atoms with E-state index in [0.717, 1.165) is 12.3 Å². The van der Waals surface area contributed by atoms with E-state index in [1.165, 1.54) is 30.5 Å². The largest absolute Gasteiger partial charge is 0.285 e. The first-order valence-corrected chi connectivity index (χ1v) is 6.20. The van der Waals surface area contributed by atoms with Crippen molar-refractivity contribution in [2.45, 2.75) is 31.7 Å². The van der Waals surface area contributed by atoms with Gasteiger partial charge in [-0.2, -0.15) is 0 Å². The molecule has 1 aromatic rings. The van der Waals surface area contributed by atoms with Crippen LogP contribution in [0.4, 0.5) is 0 Å². The molecule has 0 bridgehead atoms. The second kappa shape index (κ2) is 4.25. The lowest BCUT2D eigenvalue weighted by Gasteiger charge is -2.12. The van der Waals surface area contributed by atoms with Gasteiger partial charge >= 0.3 is 0 Å². The Hall–Kier alpha value is -1.37. The van der Waals surface area contributed by atoms with E-state index in [4.69, 9.17) is 4.99 Å². The molecule has 0 radical (unpaired) electrons. The molecule has 0 spiro atoms. The molecule has 16 heavy (non-hydrogen) atoms. The van der Waals surface area contributed by atoms with Gasteiger partial charge in [-0.1, -0.05) is 42.5 Å². The summed E-state index contributed by atoms with van der Waals surface area (Å²) in [6, 6.07) is 11.2. The summed E-state index contributed by atoms with van der Waals surface area (Å²) >= 11 is 0. The molecule has 1 nitrogen and oxygen atoms in total. The Labute approximate surface area is 96.9 Å². The summed E-state index contributed by atoms with van der Waals surface area (Å²) in [4.78, 5) is 4.91. The minimum Gasteiger partial charge on any atom is -0.285 e.